The highest BCUT2D eigenvalue weighted by Crippen LogP contribution is 2.25. The molecule has 2 atom stereocenters. The number of halogens is 1. The SMILES string of the molecule is O=C(c1cccc2ccncc12)N1C[C@@H](F)C[C@H]1CO. The van der Waals surface area contributed by atoms with Gasteiger partial charge in [0, 0.05) is 29.8 Å². The molecule has 1 aliphatic heterocycles. The fourth-order valence-electron chi connectivity index (χ4n) is 2.74. The number of nitrogens with zero attached hydrogens (tertiary/aromatic N) is 2. The van der Waals surface area contributed by atoms with E-state index in [1.54, 1.807) is 24.5 Å². The quantitative estimate of drug-likeness (QED) is 0.908. The predicted molar refractivity (Wildman–Crippen MR) is 73.2 cm³/mol. The van der Waals surface area contributed by atoms with E-state index >= 15 is 0 Å². The zero-order chi connectivity index (χ0) is 14.1. The van der Waals surface area contributed by atoms with Crippen molar-refractivity contribution in [1.29, 1.82) is 0 Å². The van der Waals surface area contributed by atoms with E-state index < -0.39 is 12.2 Å². The monoisotopic (exact) mass is 274 g/mol. The molecule has 1 aromatic heterocycles. The third kappa shape index (κ3) is 2.14. The van der Waals surface area contributed by atoms with Crippen LogP contribution in [-0.4, -0.2) is 46.3 Å². The standard InChI is InChI=1S/C15H15FN2O2/c16-11-6-12(9-19)18(8-11)15(20)13-3-1-2-10-4-5-17-7-14(10)13/h1-5,7,11-12,19H,6,8-9H2/t11-,12-/m0/s1. The highest BCUT2D eigenvalue weighted by Gasteiger charge is 2.35. The molecule has 4 nitrogen and oxygen atoms in total. The first-order chi connectivity index (χ1) is 9.70. The van der Waals surface area contributed by atoms with Gasteiger partial charge in [-0.3, -0.25) is 9.78 Å². The number of likely N-dealkylation sites (tertiary alicyclic amines) is 1. The van der Waals surface area contributed by atoms with Crippen LogP contribution in [-0.2, 0) is 0 Å². The number of carbonyl (C=O) groups excluding carboxylic acids is 1. The largest absolute Gasteiger partial charge is 0.394 e. The Morgan fingerprint density at radius 3 is 3.10 bits per heavy atom. The van der Waals surface area contributed by atoms with Gasteiger partial charge in [-0.25, -0.2) is 4.39 Å². The van der Waals surface area contributed by atoms with E-state index in [1.165, 1.54) is 4.90 Å². The average Bonchev–Trinajstić information content (AvgIpc) is 2.87. The molecule has 1 amide bonds. The molecule has 2 aromatic rings. The normalized spacial score (nSPS) is 22.4. The number of alkyl halides is 1. The number of aliphatic hydroxyl groups excluding tert-OH is 1. The first-order valence-electron chi connectivity index (χ1n) is 6.59. The Morgan fingerprint density at radius 2 is 2.30 bits per heavy atom. The molecule has 1 aromatic carbocycles. The minimum Gasteiger partial charge on any atom is -0.394 e. The molecule has 0 bridgehead atoms. The smallest absolute Gasteiger partial charge is 0.254 e. The molecule has 1 fully saturated rings. The van der Waals surface area contributed by atoms with Crippen LogP contribution in [0.2, 0.25) is 0 Å². The minimum absolute atomic E-state index is 0.0424. The van der Waals surface area contributed by atoms with E-state index in [-0.39, 0.29) is 25.5 Å². The third-order valence-electron chi connectivity index (χ3n) is 3.75. The van der Waals surface area contributed by atoms with Crippen molar-refractivity contribution in [3.05, 3.63) is 42.2 Å². The lowest BCUT2D eigenvalue weighted by Crippen LogP contribution is -2.37. The number of fused-ring (bicyclic) bond motifs is 1. The highest BCUT2D eigenvalue weighted by atomic mass is 19.1. The molecule has 0 radical (unpaired) electrons. The Balaban J connectivity index is 2.00. The van der Waals surface area contributed by atoms with Gasteiger partial charge in [0.15, 0.2) is 0 Å². The van der Waals surface area contributed by atoms with Crippen LogP contribution in [0.4, 0.5) is 4.39 Å². The van der Waals surface area contributed by atoms with E-state index in [2.05, 4.69) is 4.98 Å². The second kappa shape index (κ2) is 5.17. The second-order valence-electron chi connectivity index (χ2n) is 5.03. The van der Waals surface area contributed by atoms with Gasteiger partial charge < -0.3 is 10.0 Å². The maximum absolute atomic E-state index is 13.5. The van der Waals surface area contributed by atoms with Crippen molar-refractivity contribution in [1.82, 2.24) is 9.88 Å². The van der Waals surface area contributed by atoms with Crippen molar-refractivity contribution < 1.29 is 14.3 Å². The van der Waals surface area contributed by atoms with Gasteiger partial charge in [-0.05, 0) is 17.5 Å². The van der Waals surface area contributed by atoms with E-state index in [0.29, 0.717) is 5.56 Å². The summed E-state index contributed by atoms with van der Waals surface area (Å²) in [5.41, 5.74) is 0.503. The molecule has 1 saturated heterocycles. The molecule has 3 rings (SSSR count). The summed E-state index contributed by atoms with van der Waals surface area (Å²) in [6, 6.07) is 6.81. The molecule has 0 aliphatic carbocycles. The van der Waals surface area contributed by atoms with E-state index in [9.17, 15) is 14.3 Å². The summed E-state index contributed by atoms with van der Waals surface area (Å²) in [4.78, 5) is 18.1. The summed E-state index contributed by atoms with van der Waals surface area (Å²) in [5.74, 6) is -0.247. The van der Waals surface area contributed by atoms with Gasteiger partial charge in [0.2, 0.25) is 0 Å². The van der Waals surface area contributed by atoms with Crippen LogP contribution in [0.15, 0.2) is 36.7 Å². The van der Waals surface area contributed by atoms with Gasteiger partial charge >= 0.3 is 0 Å². The molecule has 104 valence electrons. The van der Waals surface area contributed by atoms with Crippen LogP contribution in [0, 0.1) is 0 Å². The molecule has 0 unspecified atom stereocenters. The van der Waals surface area contributed by atoms with Gasteiger partial charge in [0.1, 0.15) is 6.17 Å². The zero-order valence-electron chi connectivity index (χ0n) is 10.9. The van der Waals surface area contributed by atoms with Gasteiger partial charge in [-0.15, -0.1) is 0 Å². The number of aromatic nitrogens is 1. The van der Waals surface area contributed by atoms with Crippen LogP contribution >= 0.6 is 0 Å². The Labute approximate surface area is 115 Å². The van der Waals surface area contributed by atoms with Crippen molar-refractivity contribution >= 4 is 16.7 Å². The molecule has 5 heteroatoms. The predicted octanol–water partition coefficient (Wildman–Crippen LogP) is 1.78. The van der Waals surface area contributed by atoms with Gasteiger partial charge in [-0.1, -0.05) is 12.1 Å². The maximum atomic E-state index is 13.5. The minimum atomic E-state index is -1.07. The van der Waals surface area contributed by atoms with Gasteiger partial charge in [-0.2, -0.15) is 0 Å². The molecule has 1 N–H and O–H groups in total. The maximum Gasteiger partial charge on any atom is 0.254 e. The molecule has 0 saturated carbocycles. The lowest BCUT2D eigenvalue weighted by Gasteiger charge is -2.23. The van der Waals surface area contributed by atoms with Crippen molar-refractivity contribution in [3.63, 3.8) is 0 Å². The Morgan fingerprint density at radius 1 is 1.45 bits per heavy atom. The summed E-state index contributed by atoms with van der Waals surface area (Å²) in [6.45, 7) is -0.171. The zero-order valence-corrected chi connectivity index (χ0v) is 10.9. The summed E-state index contributed by atoms with van der Waals surface area (Å²) < 4.78 is 13.5. The van der Waals surface area contributed by atoms with Crippen molar-refractivity contribution in [2.45, 2.75) is 18.6 Å². The first kappa shape index (κ1) is 13.0. The second-order valence-corrected chi connectivity index (χ2v) is 5.03. The molecule has 0 spiro atoms. The van der Waals surface area contributed by atoms with Crippen LogP contribution in [0.3, 0.4) is 0 Å². The highest BCUT2D eigenvalue weighted by molar-refractivity contribution is 6.06. The number of hydrogen-bond donors (Lipinski definition) is 1. The number of amides is 1. The van der Waals surface area contributed by atoms with Crippen LogP contribution in [0.5, 0.6) is 0 Å². The summed E-state index contributed by atoms with van der Waals surface area (Å²) >= 11 is 0. The summed E-state index contributed by atoms with van der Waals surface area (Å²) in [6.07, 6.45) is 2.44. The van der Waals surface area contributed by atoms with Gasteiger partial charge in [0.25, 0.3) is 5.91 Å². The molecular weight excluding hydrogens is 259 g/mol. The van der Waals surface area contributed by atoms with Crippen molar-refractivity contribution in [3.8, 4) is 0 Å². The Kier molecular flexibility index (Phi) is 3.36. The number of carbonyl (C=O) groups is 1. The first-order valence-corrected chi connectivity index (χ1v) is 6.59. The number of hydrogen-bond acceptors (Lipinski definition) is 3. The fraction of sp³-hybridized carbons (Fsp3) is 0.333. The topological polar surface area (TPSA) is 53.4 Å². The van der Waals surface area contributed by atoms with Crippen molar-refractivity contribution in [2.24, 2.45) is 0 Å². The lowest BCUT2D eigenvalue weighted by molar-refractivity contribution is 0.0675. The molecular formula is C15H15FN2O2. The summed E-state index contributed by atoms with van der Waals surface area (Å²) in [7, 11) is 0. The molecule has 2 heterocycles. The van der Waals surface area contributed by atoms with Crippen LogP contribution in [0.25, 0.3) is 10.8 Å². The van der Waals surface area contributed by atoms with Crippen molar-refractivity contribution in [2.75, 3.05) is 13.2 Å². The third-order valence-corrected chi connectivity index (χ3v) is 3.75. The van der Waals surface area contributed by atoms with E-state index in [1.807, 2.05) is 12.1 Å². The fourth-order valence-corrected chi connectivity index (χ4v) is 2.74. The van der Waals surface area contributed by atoms with Crippen LogP contribution in [0.1, 0.15) is 16.8 Å². The van der Waals surface area contributed by atoms with Crippen LogP contribution < -0.4 is 0 Å². The average molecular weight is 274 g/mol. The van der Waals surface area contributed by atoms with Gasteiger partial charge in [0.05, 0.1) is 19.2 Å². The lowest BCUT2D eigenvalue weighted by atomic mass is 10.1. The number of aliphatic hydroxyl groups is 1. The van der Waals surface area contributed by atoms with E-state index in [0.717, 1.165) is 10.8 Å². The summed E-state index contributed by atoms with van der Waals surface area (Å²) in [5, 5.41) is 11.0. The van der Waals surface area contributed by atoms with E-state index in [4.69, 9.17) is 0 Å². The number of pyridine rings is 1. The molecule has 20 heavy (non-hydrogen) atoms. The molecule has 1 aliphatic rings. The number of benzene rings is 1. The Hall–Kier alpha value is -2.01. The number of rotatable bonds is 2. The Bertz CT molecular complexity index is 641.